The molecule has 0 atom stereocenters. The van der Waals surface area contributed by atoms with Gasteiger partial charge in [-0.25, -0.2) is 9.78 Å². The molecule has 0 aliphatic heterocycles. The Kier molecular flexibility index (Phi) is 5.06. The topological polar surface area (TPSA) is 101 Å². The molecular formula is C23H17N3O4. The van der Waals surface area contributed by atoms with Crippen LogP contribution in [-0.2, 0) is 4.74 Å². The maximum atomic E-state index is 11.6. The van der Waals surface area contributed by atoms with Gasteiger partial charge in [-0.05, 0) is 36.4 Å². The van der Waals surface area contributed by atoms with Gasteiger partial charge in [0.15, 0.2) is 0 Å². The van der Waals surface area contributed by atoms with Crippen molar-refractivity contribution in [2.75, 3.05) is 14.2 Å². The summed E-state index contributed by atoms with van der Waals surface area (Å²) in [6.07, 6.45) is 1.63. The average Bonchev–Trinajstić information content (AvgIpc) is 3.43. The minimum absolute atomic E-state index is 0.340. The summed E-state index contributed by atoms with van der Waals surface area (Å²) in [6, 6.07) is 18.1. The molecule has 4 aromatic rings. The first-order valence-electron chi connectivity index (χ1n) is 9.06. The lowest BCUT2D eigenvalue weighted by molar-refractivity contribution is 0.0600. The van der Waals surface area contributed by atoms with Crippen molar-refractivity contribution in [3.05, 3.63) is 71.7 Å². The summed E-state index contributed by atoms with van der Waals surface area (Å²) in [5.41, 5.74) is 3.11. The van der Waals surface area contributed by atoms with Gasteiger partial charge in [-0.15, -0.1) is 0 Å². The number of carbonyl (C=O) groups is 1. The van der Waals surface area contributed by atoms with Crippen LogP contribution in [0.5, 0.6) is 5.75 Å². The Hall–Kier alpha value is -4.31. The number of aromatic nitrogens is 2. The Bertz CT molecular complexity index is 1290. The van der Waals surface area contributed by atoms with Crippen LogP contribution in [0.1, 0.15) is 21.9 Å². The first kappa shape index (κ1) is 19.0. The summed E-state index contributed by atoms with van der Waals surface area (Å²) in [7, 11) is 2.93. The van der Waals surface area contributed by atoms with Gasteiger partial charge >= 0.3 is 5.97 Å². The lowest BCUT2D eigenvalue weighted by Crippen LogP contribution is -2.00. The van der Waals surface area contributed by atoms with Crippen LogP contribution in [0.3, 0.4) is 0 Å². The van der Waals surface area contributed by atoms with E-state index >= 15 is 0 Å². The number of benzene rings is 2. The Labute approximate surface area is 172 Å². The quantitative estimate of drug-likeness (QED) is 0.386. The van der Waals surface area contributed by atoms with Crippen molar-refractivity contribution in [2.24, 2.45) is 0 Å². The number of nitriles is 1. The standard InChI is InChI=1S/C23H17N3O4/c1-28-17-7-9-19-20(12-17)26-22(25-19)16(13-24)11-18-8-10-21(30-18)14-3-5-15(6-4-14)23(27)29-2/h3-12H,1-2H3,(H,25,26). The van der Waals surface area contributed by atoms with Crippen LogP contribution in [0.2, 0.25) is 0 Å². The fourth-order valence-electron chi connectivity index (χ4n) is 3.01. The molecular weight excluding hydrogens is 382 g/mol. The Balaban J connectivity index is 1.62. The minimum atomic E-state index is -0.397. The first-order valence-corrected chi connectivity index (χ1v) is 9.06. The summed E-state index contributed by atoms with van der Waals surface area (Å²) < 4.78 is 15.8. The van der Waals surface area contributed by atoms with Crippen LogP contribution in [0.4, 0.5) is 0 Å². The number of hydrogen-bond donors (Lipinski definition) is 1. The van der Waals surface area contributed by atoms with Crippen molar-refractivity contribution in [3.63, 3.8) is 0 Å². The van der Waals surface area contributed by atoms with E-state index in [0.29, 0.717) is 34.2 Å². The third kappa shape index (κ3) is 3.66. The van der Waals surface area contributed by atoms with Crippen LogP contribution >= 0.6 is 0 Å². The van der Waals surface area contributed by atoms with Crippen molar-refractivity contribution < 1.29 is 18.7 Å². The molecule has 1 N–H and O–H groups in total. The number of ether oxygens (including phenoxy) is 2. The summed E-state index contributed by atoms with van der Waals surface area (Å²) >= 11 is 0. The maximum Gasteiger partial charge on any atom is 0.337 e. The van der Waals surface area contributed by atoms with Gasteiger partial charge in [0.1, 0.15) is 29.2 Å². The van der Waals surface area contributed by atoms with E-state index in [4.69, 9.17) is 13.9 Å². The number of fused-ring (bicyclic) bond motifs is 1. The molecule has 30 heavy (non-hydrogen) atoms. The summed E-state index contributed by atoms with van der Waals surface area (Å²) in [4.78, 5) is 19.2. The van der Waals surface area contributed by atoms with Gasteiger partial charge in [0.25, 0.3) is 0 Å². The Morgan fingerprint density at radius 2 is 1.93 bits per heavy atom. The SMILES string of the molecule is COC(=O)c1ccc(-c2ccc(C=C(C#N)c3nc4ccc(OC)cc4[nH]3)o2)cc1. The number of hydrogen-bond acceptors (Lipinski definition) is 6. The second kappa shape index (κ2) is 7.97. The molecule has 7 heteroatoms. The van der Waals surface area contributed by atoms with Gasteiger partial charge < -0.3 is 18.9 Å². The summed E-state index contributed by atoms with van der Waals surface area (Å²) in [5, 5.41) is 9.61. The van der Waals surface area contributed by atoms with Crippen molar-refractivity contribution >= 4 is 28.7 Å². The minimum Gasteiger partial charge on any atom is -0.497 e. The second-order valence-electron chi connectivity index (χ2n) is 6.41. The molecule has 0 aliphatic rings. The smallest absolute Gasteiger partial charge is 0.337 e. The largest absolute Gasteiger partial charge is 0.497 e. The van der Waals surface area contributed by atoms with Gasteiger partial charge in [-0.2, -0.15) is 5.26 Å². The van der Waals surface area contributed by atoms with Gasteiger partial charge in [-0.1, -0.05) is 12.1 Å². The highest BCUT2D eigenvalue weighted by Crippen LogP contribution is 2.26. The predicted molar refractivity (Wildman–Crippen MR) is 112 cm³/mol. The molecule has 0 radical (unpaired) electrons. The van der Waals surface area contributed by atoms with Crippen LogP contribution in [0.25, 0.3) is 34.0 Å². The van der Waals surface area contributed by atoms with Crippen molar-refractivity contribution in [2.45, 2.75) is 0 Å². The number of allylic oxidation sites excluding steroid dienone is 1. The lowest BCUT2D eigenvalue weighted by Gasteiger charge is -2.00. The molecule has 0 saturated heterocycles. The zero-order chi connectivity index (χ0) is 21.1. The fourth-order valence-corrected chi connectivity index (χ4v) is 3.01. The third-order valence-electron chi connectivity index (χ3n) is 4.57. The molecule has 2 aromatic heterocycles. The number of carbonyl (C=O) groups excluding carboxylic acids is 1. The van der Waals surface area contributed by atoms with E-state index in [1.807, 2.05) is 18.2 Å². The fraction of sp³-hybridized carbons (Fsp3) is 0.0870. The van der Waals surface area contributed by atoms with Crippen molar-refractivity contribution in [3.8, 4) is 23.1 Å². The lowest BCUT2D eigenvalue weighted by atomic mass is 10.1. The third-order valence-corrected chi connectivity index (χ3v) is 4.57. The molecule has 148 valence electrons. The summed E-state index contributed by atoms with van der Waals surface area (Å²) in [6.45, 7) is 0. The number of H-pyrrole nitrogens is 1. The average molecular weight is 399 g/mol. The van der Waals surface area contributed by atoms with E-state index in [2.05, 4.69) is 16.0 Å². The van der Waals surface area contributed by atoms with Gasteiger partial charge in [-0.3, -0.25) is 0 Å². The molecule has 0 amide bonds. The zero-order valence-corrected chi connectivity index (χ0v) is 16.3. The second-order valence-corrected chi connectivity index (χ2v) is 6.41. The van der Waals surface area contributed by atoms with E-state index in [9.17, 15) is 10.1 Å². The molecule has 0 unspecified atom stereocenters. The van der Waals surface area contributed by atoms with E-state index in [-0.39, 0.29) is 0 Å². The van der Waals surface area contributed by atoms with Gasteiger partial charge in [0.2, 0.25) is 0 Å². The van der Waals surface area contributed by atoms with E-state index in [1.54, 1.807) is 49.6 Å². The number of furan rings is 1. The summed E-state index contributed by atoms with van der Waals surface area (Å²) in [5.74, 6) is 1.88. The highest BCUT2D eigenvalue weighted by molar-refractivity contribution is 5.91. The number of aromatic amines is 1. The molecule has 0 aliphatic carbocycles. The van der Waals surface area contributed by atoms with Gasteiger partial charge in [0.05, 0.1) is 36.4 Å². The van der Waals surface area contributed by atoms with E-state index in [1.165, 1.54) is 7.11 Å². The number of imidazole rings is 1. The molecule has 2 heterocycles. The molecule has 2 aromatic carbocycles. The Morgan fingerprint density at radius 3 is 2.63 bits per heavy atom. The highest BCUT2D eigenvalue weighted by Gasteiger charge is 2.11. The highest BCUT2D eigenvalue weighted by atomic mass is 16.5. The Morgan fingerprint density at radius 1 is 1.13 bits per heavy atom. The number of rotatable bonds is 5. The van der Waals surface area contributed by atoms with Crippen LogP contribution in [0, 0.1) is 11.3 Å². The van der Waals surface area contributed by atoms with E-state index < -0.39 is 5.97 Å². The molecule has 0 bridgehead atoms. The van der Waals surface area contributed by atoms with Crippen LogP contribution in [-0.4, -0.2) is 30.2 Å². The number of methoxy groups -OCH3 is 2. The van der Waals surface area contributed by atoms with Crippen LogP contribution in [0.15, 0.2) is 59.0 Å². The van der Waals surface area contributed by atoms with Crippen LogP contribution < -0.4 is 4.74 Å². The number of nitrogens with zero attached hydrogens (tertiary/aromatic N) is 2. The van der Waals surface area contributed by atoms with Gasteiger partial charge in [0, 0.05) is 17.7 Å². The molecule has 4 rings (SSSR count). The molecule has 0 saturated carbocycles. The molecule has 7 nitrogen and oxygen atoms in total. The predicted octanol–water partition coefficient (Wildman–Crippen LogP) is 4.68. The zero-order valence-electron chi connectivity index (χ0n) is 16.3. The van der Waals surface area contributed by atoms with E-state index in [0.717, 1.165) is 16.6 Å². The van der Waals surface area contributed by atoms with Crippen molar-refractivity contribution in [1.29, 1.82) is 5.26 Å². The number of esters is 1. The number of nitrogens with one attached hydrogen (secondary N) is 1. The molecule has 0 spiro atoms. The normalized spacial score (nSPS) is 11.3. The monoisotopic (exact) mass is 399 g/mol. The maximum absolute atomic E-state index is 11.6. The first-order chi connectivity index (χ1) is 14.6. The molecule has 0 fully saturated rings. The van der Waals surface area contributed by atoms with Crippen molar-refractivity contribution in [1.82, 2.24) is 9.97 Å².